The van der Waals surface area contributed by atoms with Gasteiger partial charge in [-0.3, -0.25) is 4.79 Å². The lowest BCUT2D eigenvalue weighted by molar-refractivity contribution is -0.111. The van der Waals surface area contributed by atoms with E-state index < -0.39 is 12.5 Å². The van der Waals surface area contributed by atoms with Gasteiger partial charge in [-0.25, -0.2) is 9.97 Å². The fourth-order valence-corrected chi connectivity index (χ4v) is 4.13. The van der Waals surface area contributed by atoms with Gasteiger partial charge in [-0.2, -0.15) is 8.78 Å². The van der Waals surface area contributed by atoms with Crippen LogP contribution in [-0.4, -0.2) is 65.8 Å². The molecule has 12 heteroatoms. The van der Waals surface area contributed by atoms with Gasteiger partial charge in [-0.15, -0.1) is 0 Å². The van der Waals surface area contributed by atoms with Crippen LogP contribution in [0.15, 0.2) is 65.8 Å². The number of carbonyl (C=O) groups excluding carboxylic acids is 1. The van der Waals surface area contributed by atoms with E-state index in [4.69, 9.17) is 9.26 Å². The van der Waals surface area contributed by atoms with E-state index in [-0.39, 0.29) is 17.4 Å². The van der Waals surface area contributed by atoms with Crippen LogP contribution in [0, 0.1) is 0 Å². The van der Waals surface area contributed by atoms with Gasteiger partial charge >= 0.3 is 6.61 Å². The summed E-state index contributed by atoms with van der Waals surface area (Å²) in [5.74, 6) is -0.458. The van der Waals surface area contributed by atoms with Crippen molar-refractivity contribution in [1.82, 2.24) is 20.0 Å². The zero-order chi connectivity index (χ0) is 26.8. The van der Waals surface area contributed by atoms with Crippen molar-refractivity contribution < 1.29 is 22.8 Å². The molecule has 1 aliphatic rings. The Kier molecular flexibility index (Phi) is 6.88. The Morgan fingerprint density at radius 1 is 1.24 bits per heavy atom. The molecule has 0 bridgehead atoms. The molecule has 0 atom stereocenters. The van der Waals surface area contributed by atoms with Crippen LogP contribution in [0.1, 0.15) is 0 Å². The van der Waals surface area contributed by atoms with Gasteiger partial charge in [-0.05, 0) is 44.4 Å². The Morgan fingerprint density at radius 3 is 2.76 bits per heavy atom. The van der Waals surface area contributed by atoms with Gasteiger partial charge in [-0.1, -0.05) is 23.9 Å². The van der Waals surface area contributed by atoms with Gasteiger partial charge in [0, 0.05) is 31.4 Å². The topological polar surface area (TPSA) is 109 Å². The number of hydrogen-bond donors (Lipinski definition) is 2. The molecule has 2 aromatic carbocycles. The number of aromatic nitrogens is 3. The van der Waals surface area contributed by atoms with Crippen molar-refractivity contribution >= 4 is 39.9 Å². The van der Waals surface area contributed by atoms with Crippen LogP contribution in [0.2, 0.25) is 0 Å². The summed E-state index contributed by atoms with van der Waals surface area (Å²) in [6.45, 7) is 1.73. The van der Waals surface area contributed by atoms with E-state index in [2.05, 4.69) is 37.2 Å². The smallest absolute Gasteiger partial charge is 0.387 e. The Morgan fingerprint density at radius 2 is 2.03 bits per heavy atom. The molecule has 10 nitrogen and oxygen atoms in total. The number of rotatable bonds is 9. The van der Waals surface area contributed by atoms with Crippen molar-refractivity contribution in [2.75, 3.05) is 42.7 Å². The van der Waals surface area contributed by atoms with Crippen LogP contribution in [0.3, 0.4) is 0 Å². The lowest BCUT2D eigenvalue weighted by Crippen LogP contribution is -2.57. The van der Waals surface area contributed by atoms with Gasteiger partial charge in [0.25, 0.3) is 0 Å². The standard InChI is InChI=1S/C26H25F2N7O3/c1-4-23(36)30-18-11-19(22(37-25(27)28)12-20(18)35-13-15(14-35)34(2)3)32-26-29-10-9-17(31-26)24-16-7-5-6-8-21(16)38-33-24/h4-12,15,25H,1,13-14H2,2-3H3,(H,30,36)(H,29,31,32). The van der Waals surface area contributed by atoms with E-state index in [0.717, 1.165) is 11.5 Å². The molecule has 0 saturated carbocycles. The highest BCUT2D eigenvalue weighted by Crippen LogP contribution is 2.41. The highest BCUT2D eigenvalue weighted by Gasteiger charge is 2.31. The van der Waals surface area contributed by atoms with Gasteiger partial charge < -0.3 is 29.7 Å². The SMILES string of the molecule is C=CC(=O)Nc1cc(Nc2nccc(-c3noc4ccccc34)n2)c(OC(F)F)cc1N1CC(N(C)C)C1. The predicted octanol–water partition coefficient (Wildman–Crippen LogP) is 4.50. The number of fused-ring (bicyclic) bond motifs is 1. The van der Waals surface area contributed by atoms with Crippen LogP contribution >= 0.6 is 0 Å². The van der Waals surface area contributed by atoms with E-state index in [0.29, 0.717) is 47.5 Å². The monoisotopic (exact) mass is 521 g/mol. The predicted molar refractivity (Wildman–Crippen MR) is 140 cm³/mol. The Bertz CT molecular complexity index is 1480. The van der Waals surface area contributed by atoms with Gasteiger partial charge in [0.15, 0.2) is 11.3 Å². The minimum atomic E-state index is -3.07. The Hall–Kier alpha value is -4.58. The number of amides is 1. The number of alkyl halides is 2. The van der Waals surface area contributed by atoms with E-state index in [1.165, 1.54) is 18.3 Å². The highest BCUT2D eigenvalue weighted by molar-refractivity contribution is 6.02. The first-order valence-electron chi connectivity index (χ1n) is 11.7. The summed E-state index contributed by atoms with van der Waals surface area (Å²) in [5, 5.41) is 10.6. The summed E-state index contributed by atoms with van der Waals surface area (Å²) in [5.41, 5.74) is 2.66. The third-order valence-electron chi connectivity index (χ3n) is 6.21. The summed E-state index contributed by atoms with van der Waals surface area (Å²) in [6, 6.07) is 12.3. The highest BCUT2D eigenvalue weighted by atomic mass is 19.3. The van der Waals surface area contributed by atoms with Crippen molar-refractivity contribution in [3.8, 4) is 17.1 Å². The summed E-state index contributed by atoms with van der Waals surface area (Å²) < 4.78 is 37.0. The number of ether oxygens (including phenoxy) is 1. The Balaban J connectivity index is 1.51. The minimum absolute atomic E-state index is 0.110. The second kappa shape index (κ2) is 10.4. The maximum atomic E-state index is 13.4. The molecule has 0 aliphatic carbocycles. The number of halogens is 2. The van der Waals surface area contributed by atoms with Crippen LogP contribution in [-0.2, 0) is 4.79 Å². The quantitative estimate of drug-likeness (QED) is 0.308. The number of nitrogens with one attached hydrogen (secondary N) is 2. The molecule has 2 N–H and O–H groups in total. The summed E-state index contributed by atoms with van der Waals surface area (Å²) in [7, 11) is 3.94. The first-order chi connectivity index (χ1) is 18.3. The minimum Gasteiger partial charge on any atom is -0.433 e. The van der Waals surface area contributed by atoms with Gasteiger partial charge in [0.05, 0.1) is 28.1 Å². The second-order valence-electron chi connectivity index (χ2n) is 8.88. The van der Waals surface area contributed by atoms with E-state index in [9.17, 15) is 13.6 Å². The molecule has 3 heterocycles. The number of anilines is 4. The van der Waals surface area contributed by atoms with Crippen molar-refractivity contribution in [3.63, 3.8) is 0 Å². The molecule has 0 radical (unpaired) electrons. The van der Waals surface area contributed by atoms with Crippen molar-refractivity contribution in [2.45, 2.75) is 12.7 Å². The zero-order valence-corrected chi connectivity index (χ0v) is 20.7. The summed E-state index contributed by atoms with van der Waals surface area (Å²) >= 11 is 0. The number of carbonyl (C=O) groups is 1. The van der Waals surface area contributed by atoms with Crippen LogP contribution < -0.4 is 20.3 Å². The normalized spacial score (nSPS) is 13.6. The van der Waals surface area contributed by atoms with Crippen LogP contribution in [0.5, 0.6) is 5.75 Å². The molecular formula is C26H25F2N7O3. The second-order valence-corrected chi connectivity index (χ2v) is 8.88. The van der Waals surface area contributed by atoms with E-state index in [1.54, 1.807) is 12.1 Å². The summed E-state index contributed by atoms with van der Waals surface area (Å²) in [4.78, 5) is 24.9. The number of para-hydroxylation sites is 1. The maximum Gasteiger partial charge on any atom is 0.387 e. The number of hydrogen-bond acceptors (Lipinski definition) is 9. The van der Waals surface area contributed by atoms with E-state index >= 15 is 0 Å². The molecule has 2 aromatic heterocycles. The average Bonchev–Trinajstić information content (AvgIpc) is 3.29. The number of likely N-dealkylation sites (N-methyl/N-ethyl adjacent to an activating group) is 1. The van der Waals surface area contributed by atoms with Crippen molar-refractivity contribution in [2.24, 2.45) is 0 Å². The maximum absolute atomic E-state index is 13.4. The molecule has 1 amide bonds. The third-order valence-corrected chi connectivity index (χ3v) is 6.21. The third kappa shape index (κ3) is 5.11. The molecule has 38 heavy (non-hydrogen) atoms. The van der Waals surface area contributed by atoms with E-state index in [1.807, 2.05) is 37.2 Å². The molecular weight excluding hydrogens is 496 g/mol. The van der Waals surface area contributed by atoms with Crippen LogP contribution in [0.4, 0.5) is 31.8 Å². The lowest BCUT2D eigenvalue weighted by Gasteiger charge is -2.45. The average molecular weight is 522 g/mol. The van der Waals surface area contributed by atoms with Crippen molar-refractivity contribution in [3.05, 3.63) is 61.3 Å². The number of nitrogens with zero attached hydrogens (tertiary/aromatic N) is 5. The van der Waals surface area contributed by atoms with Gasteiger partial charge in [0.1, 0.15) is 5.69 Å². The fraction of sp³-hybridized carbons (Fsp3) is 0.231. The largest absolute Gasteiger partial charge is 0.433 e. The van der Waals surface area contributed by atoms with Gasteiger partial charge in [0.2, 0.25) is 11.9 Å². The fourth-order valence-electron chi connectivity index (χ4n) is 4.13. The van der Waals surface area contributed by atoms with Crippen LogP contribution in [0.25, 0.3) is 22.4 Å². The Labute approximate surface area is 216 Å². The molecule has 1 fully saturated rings. The molecule has 5 rings (SSSR count). The molecule has 196 valence electrons. The number of benzene rings is 2. The molecule has 4 aromatic rings. The molecule has 0 unspecified atom stereocenters. The first-order valence-corrected chi connectivity index (χ1v) is 11.7. The lowest BCUT2D eigenvalue weighted by atomic mass is 10.0. The zero-order valence-electron chi connectivity index (χ0n) is 20.7. The molecule has 1 aliphatic heterocycles. The molecule has 0 spiro atoms. The molecule has 1 saturated heterocycles. The van der Waals surface area contributed by atoms with Crippen molar-refractivity contribution in [1.29, 1.82) is 0 Å². The first kappa shape index (κ1) is 25.1. The summed E-state index contributed by atoms with van der Waals surface area (Å²) in [6.07, 6.45) is 2.64.